The summed E-state index contributed by atoms with van der Waals surface area (Å²) in [4.78, 5) is 12.0. The summed E-state index contributed by atoms with van der Waals surface area (Å²) in [7, 11) is 1.86. The van der Waals surface area contributed by atoms with Crippen LogP contribution in [-0.2, 0) is 20.1 Å². The Balaban J connectivity index is 2.05. The third-order valence-corrected chi connectivity index (χ3v) is 3.11. The molecule has 0 bridgehead atoms. The van der Waals surface area contributed by atoms with Gasteiger partial charge >= 0.3 is 0 Å². The van der Waals surface area contributed by atoms with Gasteiger partial charge in [0.15, 0.2) is 5.69 Å². The molecule has 0 aliphatic heterocycles. The molecule has 0 saturated carbocycles. The first-order valence-corrected chi connectivity index (χ1v) is 6.11. The van der Waals surface area contributed by atoms with Crippen molar-refractivity contribution in [3.8, 4) is 0 Å². The van der Waals surface area contributed by atoms with Crippen molar-refractivity contribution in [2.45, 2.75) is 26.9 Å². The van der Waals surface area contributed by atoms with Crippen LogP contribution in [0.1, 0.15) is 28.7 Å². The minimum Gasteiger partial charge on any atom is -0.396 e. The molecule has 2 rings (SSSR count). The van der Waals surface area contributed by atoms with E-state index in [0.29, 0.717) is 18.8 Å². The SMILES string of the molecule is CCn1cc(N)c(C(=O)NCc2cnn(C)c2C)n1. The first kappa shape index (κ1) is 13.1. The minimum absolute atomic E-state index is 0.267. The molecule has 7 heteroatoms. The van der Waals surface area contributed by atoms with Crippen LogP contribution in [0.2, 0.25) is 0 Å². The number of aromatic nitrogens is 4. The van der Waals surface area contributed by atoms with E-state index >= 15 is 0 Å². The van der Waals surface area contributed by atoms with Crippen molar-refractivity contribution in [3.63, 3.8) is 0 Å². The van der Waals surface area contributed by atoms with E-state index in [9.17, 15) is 4.79 Å². The number of carbonyl (C=O) groups is 1. The second-order valence-electron chi connectivity index (χ2n) is 4.35. The van der Waals surface area contributed by atoms with Crippen molar-refractivity contribution in [2.75, 3.05) is 5.73 Å². The Kier molecular flexibility index (Phi) is 3.55. The first-order valence-electron chi connectivity index (χ1n) is 6.11. The van der Waals surface area contributed by atoms with Crippen LogP contribution in [0.15, 0.2) is 12.4 Å². The summed E-state index contributed by atoms with van der Waals surface area (Å²) in [5.74, 6) is -0.270. The molecule has 0 spiro atoms. The fourth-order valence-electron chi connectivity index (χ4n) is 1.75. The van der Waals surface area contributed by atoms with Gasteiger partial charge in [0, 0.05) is 37.6 Å². The summed E-state index contributed by atoms with van der Waals surface area (Å²) >= 11 is 0. The third kappa shape index (κ3) is 2.59. The molecular formula is C12H18N6O. The number of nitrogens with two attached hydrogens (primary N) is 1. The van der Waals surface area contributed by atoms with E-state index < -0.39 is 0 Å². The summed E-state index contributed by atoms with van der Waals surface area (Å²) < 4.78 is 3.40. The molecule has 0 aliphatic carbocycles. The highest BCUT2D eigenvalue weighted by molar-refractivity contribution is 5.96. The Morgan fingerprint density at radius 1 is 1.53 bits per heavy atom. The van der Waals surface area contributed by atoms with Crippen molar-refractivity contribution >= 4 is 11.6 Å². The fourth-order valence-corrected chi connectivity index (χ4v) is 1.75. The molecule has 1 amide bonds. The molecule has 7 nitrogen and oxygen atoms in total. The quantitative estimate of drug-likeness (QED) is 0.837. The lowest BCUT2D eigenvalue weighted by Crippen LogP contribution is -2.24. The number of nitrogens with one attached hydrogen (secondary N) is 1. The van der Waals surface area contributed by atoms with Gasteiger partial charge in [-0.3, -0.25) is 14.2 Å². The van der Waals surface area contributed by atoms with Crippen molar-refractivity contribution in [3.05, 3.63) is 29.3 Å². The monoisotopic (exact) mass is 262 g/mol. The van der Waals surface area contributed by atoms with E-state index in [1.165, 1.54) is 0 Å². The molecular weight excluding hydrogens is 244 g/mol. The molecule has 2 aromatic rings. The van der Waals surface area contributed by atoms with E-state index in [-0.39, 0.29) is 11.6 Å². The summed E-state index contributed by atoms with van der Waals surface area (Å²) in [5, 5.41) is 11.0. The van der Waals surface area contributed by atoms with E-state index in [1.54, 1.807) is 21.8 Å². The number of hydrogen-bond acceptors (Lipinski definition) is 4. The predicted octanol–water partition coefficient (Wildman–Crippen LogP) is 0.457. The van der Waals surface area contributed by atoms with E-state index in [4.69, 9.17) is 5.73 Å². The van der Waals surface area contributed by atoms with Crippen LogP contribution in [0.25, 0.3) is 0 Å². The lowest BCUT2D eigenvalue weighted by atomic mass is 10.2. The van der Waals surface area contributed by atoms with Crippen LogP contribution in [0, 0.1) is 6.92 Å². The van der Waals surface area contributed by atoms with Gasteiger partial charge in [0.1, 0.15) is 0 Å². The largest absolute Gasteiger partial charge is 0.396 e. The number of nitrogens with zero attached hydrogens (tertiary/aromatic N) is 4. The highest BCUT2D eigenvalue weighted by Gasteiger charge is 2.15. The average molecular weight is 262 g/mol. The Morgan fingerprint density at radius 2 is 2.26 bits per heavy atom. The van der Waals surface area contributed by atoms with E-state index in [0.717, 1.165) is 11.3 Å². The first-order chi connectivity index (χ1) is 9.02. The summed E-state index contributed by atoms with van der Waals surface area (Å²) in [6.07, 6.45) is 3.40. The van der Waals surface area contributed by atoms with Crippen molar-refractivity contribution in [1.82, 2.24) is 24.9 Å². The maximum absolute atomic E-state index is 12.0. The van der Waals surface area contributed by atoms with Crippen LogP contribution in [0.5, 0.6) is 0 Å². The lowest BCUT2D eigenvalue weighted by molar-refractivity contribution is 0.0946. The molecule has 0 saturated heterocycles. The van der Waals surface area contributed by atoms with E-state index in [1.807, 2.05) is 20.9 Å². The maximum Gasteiger partial charge on any atom is 0.274 e. The zero-order valence-corrected chi connectivity index (χ0v) is 11.3. The van der Waals surface area contributed by atoms with Crippen LogP contribution >= 0.6 is 0 Å². The molecule has 0 unspecified atom stereocenters. The Labute approximate surface area is 111 Å². The van der Waals surface area contributed by atoms with Gasteiger partial charge < -0.3 is 11.1 Å². The average Bonchev–Trinajstić information content (AvgIpc) is 2.92. The lowest BCUT2D eigenvalue weighted by Gasteiger charge is -2.03. The summed E-state index contributed by atoms with van der Waals surface area (Å²) in [6.45, 7) is 4.98. The van der Waals surface area contributed by atoms with Gasteiger partial charge in [0.25, 0.3) is 5.91 Å². The number of amides is 1. The summed E-state index contributed by atoms with van der Waals surface area (Å²) in [5.41, 5.74) is 8.42. The summed E-state index contributed by atoms with van der Waals surface area (Å²) in [6, 6.07) is 0. The molecule has 2 heterocycles. The van der Waals surface area contributed by atoms with Crippen LogP contribution < -0.4 is 11.1 Å². The number of rotatable bonds is 4. The van der Waals surface area contributed by atoms with Crippen LogP contribution in [-0.4, -0.2) is 25.5 Å². The van der Waals surface area contributed by atoms with Crippen molar-refractivity contribution in [1.29, 1.82) is 0 Å². The number of hydrogen-bond donors (Lipinski definition) is 2. The van der Waals surface area contributed by atoms with E-state index in [2.05, 4.69) is 15.5 Å². The molecule has 0 aliphatic rings. The van der Waals surface area contributed by atoms with Gasteiger partial charge in [-0.05, 0) is 13.8 Å². The predicted molar refractivity (Wildman–Crippen MR) is 71.4 cm³/mol. The van der Waals surface area contributed by atoms with Crippen LogP contribution in [0.3, 0.4) is 0 Å². The number of nitrogen functional groups attached to an aromatic ring is 1. The van der Waals surface area contributed by atoms with Gasteiger partial charge in [-0.25, -0.2) is 0 Å². The number of carbonyl (C=O) groups excluding carboxylic acids is 1. The highest BCUT2D eigenvalue weighted by atomic mass is 16.2. The maximum atomic E-state index is 12.0. The van der Waals surface area contributed by atoms with Gasteiger partial charge in [-0.15, -0.1) is 0 Å². The number of anilines is 1. The Hall–Kier alpha value is -2.31. The molecule has 0 atom stereocenters. The van der Waals surface area contributed by atoms with Gasteiger partial charge in [0.2, 0.25) is 0 Å². The molecule has 102 valence electrons. The minimum atomic E-state index is -0.270. The second-order valence-corrected chi connectivity index (χ2v) is 4.35. The van der Waals surface area contributed by atoms with Crippen molar-refractivity contribution in [2.24, 2.45) is 7.05 Å². The van der Waals surface area contributed by atoms with Gasteiger partial charge in [0.05, 0.1) is 11.9 Å². The highest BCUT2D eigenvalue weighted by Crippen LogP contribution is 2.10. The molecule has 2 aromatic heterocycles. The molecule has 19 heavy (non-hydrogen) atoms. The molecule has 3 N–H and O–H groups in total. The Bertz CT molecular complexity index is 597. The molecule has 0 fully saturated rings. The van der Waals surface area contributed by atoms with Gasteiger partial charge in [-0.1, -0.05) is 0 Å². The van der Waals surface area contributed by atoms with Gasteiger partial charge in [-0.2, -0.15) is 10.2 Å². The topological polar surface area (TPSA) is 90.8 Å². The van der Waals surface area contributed by atoms with Crippen molar-refractivity contribution < 1.29 is 4.79 Å². The zero-order valence-electron chi connectivity index (χ0n) is 11.3. The molecule has 0 radical (unpaired) electrons. The normalized spacial score (nSPS) is 10.7. The number of aryl methyl sites for hydroxylation is 2. The third-order valence-electron chi connectivity index (χ3n) is 3.11. The zero-order chi connectivity index (χ0) is 14.0. The molecule has 0 aromatic carbocycles. The second kappa shape index (κ2) is 5.13. The standard InChI is InChI=1S/C12H18N6O/c1-4-18-7-10(13)11(16-18)12(19)14-5-9-6-15-17(3)8(9)2/h6-7H,4-5,13H2,1-3H3,(H,14,19). The fraction of sp³-hybridized carbons (Fsp3) is 0.417. The van der Waals surface area contributed by atoms with Crippen LogP contribution in [0.4, 0.5) is 5.69 Å². The smallest absolute Gasteiger partial charge is 0.274 e. The Morgan fingerprint density at radius 3 is 2.79 bits per heavy atom.